The summed E-state index contributed by atoms with van der Waals surface area (Å²) >= 11 is 0. The second-order valence-electron chi connectivity index (χ2n) is 4.22. The van der Waals surface area contributed by atoms with Crippen LogP contribution in [0, 0.1) is 6.57 Å². The van der Waals surface area contributed by atoms with Crippen LogP contribution in [-0.2, 0) is 0 Å². The number of benzene rings is 3. The zero-order valence-electron chi connectivity index (χ0n) is 9.80. The third-order valence-electron chi connectivity index (χ3n) is 3.06. The SMILES string of the molecule is [C-]#[N+]c1cccc(-c2ccc3ccccc3c2)c1. The number of nitrogens with zero attached hydrogens (tertiary/aromatic N) is 1. The minimum Gasteiger partial charge on any atom is -0.238 e. The molecule has 0 aromatic heterocycles. The van der Waals surface area contributed by atoms with Crippen LogP contribution in [0.15, 0.2) is 66.7 Å². The Morgan fingerprint density at radius 3 is 2.28 bits per heavy atom. The first-order valence-corrected chi connectivity index (χ1v) is 5.83. The van der Waals surface area contributed by atoms with Crippen LogP contribution in [0.3, 0.4) is 0 Å². The molecule has 0 unspecified atom stereocenters. The van der Waals surface area contributed by atoms with Gasteiger partial charge in [0.25, 0.3) is 0 Å². The lowest BCUT2D eigenvalue weighted by molar-refractivity contribution is 1.65. The van der Waals surface area contributed by atoms with Crippen molar-refractivity contribution < 1.29 is 0 Å². The van der Waals surface area contributed by atoms with E-state index in [1.165, 1.54) is 10.8 Å². The van der Waals surface area contributed by atoms with E-state index >= 15 is 0 Å². The molecule has 0 aliphatic rings. The van der Waals surface area contributed by atoms with Crippen LogP contribution in [0.5, 0.6) is 0 Å². The molecule has 84 valence electrons. The molecule has 3 aromatic rings. The Morgan fingerprint density at radius 1 is 0.667 bits per heavy atom. The van der Waals surface area contributed by atoms with Crippen molar-refractivity contribution >= 4 is 16.5 Å². The van der Waals surface area contributed by atoms with E-state index in [-0.39, 0.29) is 0 Å². The van der Waals surface area contributed by atoms with E-state index in [1.54, 1.807) is 0 Å². The molecule has 0 amide bonds. The Balaban J connectivity index is 2.16. The predicted molar refractivity (Wildman–Crippen MR) is 75.6 cm³/mol. The average Bonchev–Trinajstić information content (AvgIpc) is 2.47. The Hall–Kier alpha value is -2.59. The molecular formula is C17H11N. The summed E-state index contributed by atoms with van der Waals surface area (Å²) in [6.07, 6.45) is 0. The summed E-state index contributed by atoms with van der Waals surface area (Å²) in [5, 5.41) is 2.46. The van der Waals surface area contributed by atoms with Gasteiger partial charge in [-0.2, -0.15) is 0 Å². The zero-order chi connectivity index (χ0) is 12.4. The lowest BCUT2D eigenvalue weighted by Gasteiger charge is -2.04. The second kappa shape index (κ2) is 4.35. The van der Waals surface area contributed by atoms with Gasteiger partial charge in [-0.25, -0.2) is 4.85 Å². The zero-order valence-corrected chi connectivity index (χ0v) is 9.80. The molecule has 0 aliphatic heterocycles. The molecule has 0 saturated heterocycles. The number of hydrogen-bond acceptors (Lipinski definition) is 0. The molecule has 0 bridgehead atoms. The summed E-state index contributed by atoms with van der Waals surface area (Å²) in [6.45, 7) is 7.06. The van der Waals surface area contributed by atoms with Crippen molar-refractivity contribution in [2.45, 2.75) is 0 Å². The summed E-state index contributed by atoms with van der Waals surface area (Å²) in [7, 11) is 0. The molecule has 18 heavy (non-hydrogen) atoms. The van der Waals surface area contributed by atoms with Crippen LogP contribution in [0.25, 0.3) is 26.7 Å². The van der Waals surface area contributed by atoms with Crippen LogP contribution in [0.2, 0.25) is 0 Å². The van der Waals surface area contributed by atoms with E-state index in [0.717, 1.165) is 11.1 Å². The summed E-state index contributed by atoms with van der Waals surface area (Å²) in [4.78, 5) is 3.47. The largest absolute Gasteiger partial charge is 0.238 e. The van der Waals surface area contributed by atoms with Gasteiger partial charge in [0.1, 0.15) is 0 Å². The number of fused-ring (bicyclic) bond motifs is 1. The summed E-state index contributed by atoms with van der Waals surface area (Å²) in [6, 6.07) is 22.4. The summed E-state index contributed by atoms with van der Waals surface area (Å²) < 4.78 is 0. The fraction of sp³-hybridized carbons (Fsp3) is 0. The van der Waals surface area contributed by atoms with Gasteiger partial charge in [0.2, 0.25) is 0 Å². The van der Waals surface area contributed by atoms with Gasteiger partial charge >= 0.3 is 0 Å². The summed E-state index contributed by atoms with van der Waals surface area (Å²) in [5.41, 5.74) is 2.93. The highest BCUT2D eigenvalue weighted by Gasteiger charge is 2.00. The van der Waals surface area contributed by atoms with E-state index < -0.39 is 0 Å². The standard InChI is InChI=1S/C17H11N/c1-18-17-8-4-7-15(12-17)16-10-9-13-5-2-3-6-14(13)11-16/h2-12H. The van der Waals surface area contributed by atoms with Crippen molar-refractivity contribution in [2.24, 2.45) is 0 Å². The maximum Gasteiger partial charge on any atom is 0.187 e. The molecule has 0 N–H and O–H groups in total. The van der Waals surface area contributed by atoms with Crippen molar-refractivity contribution in [1.29, 1.82) is 0 Å². The van der Waals surface area contributed by atoms with Crippen LogP contribution in [-0.4, -0.2) is 0 Å². The Kier molecular flexibility index (Phi) is 2.55. The van der Waals surface area contributed by atoms with Gasteiger partial charge in [-0.15, -0.1) is 0 Å². The van der Waals surface area contributed by atoms with Crippen LogP contribution in [0.4, 0.5) is 5.69 Å². The topological polar surface area (TPSA) is 4.36 Å². The highest BCUT2D eigenvalue weighted by Crippen LogP contribution is 2.27. The first kappa shape index (κ1) is 10.6. The third kappa shape index (κ3) is 1.85. The molecule has 3 aromatic carbocycles. The maximum absolute atomic E-state index is 7.06. The second-order valence-corrected chi connectivity index (χ2v) is 4.22. The molecule has 0 fully saturated rings. The molecule has 0 heterocycles. The quantitative estimate of drug-likeness (QED) is 0.514. The Labute approximate surface area is 106 Å². The van der Waals surface area contributed by atoms with E-state index in [9.17, 15) is 0 Å². The molecule has 0 atom stereocenters. The minimum absolute atomic E-state index is 0.681. The fourth-order valence-corrected chi connectivity index (χ4v) is 2.12. The number of hydrogen-bond donors (Lipinski definition) is 0. The van der Waals surface area contributed by atoms with Crippen molar-refractivity contribution in [3.05, 3.63) is 78.1 Å². The maximum atomic E-state index is 7.06. The van der Waals surface area contributed by atoms with Crippen molar-refractivity contribution in [3.63, 3.8) is 0 Å². The molecule has 1 nitrogen and oxygen atoms in total. The van der Waals surface area contributed by atoms with Gasteiger partial charge in [0, 0.05) is 0 Å². The van der Waals surface area contributed by atoms with Gasteiger partial charge in [0.05, 0.1) is 6.57 Å². The van der Waals surface area contributed by atoms with Crippen molar-refractivity contribution in [2.75, 3.05) is 0 Å². The van der Waals surface area contributed by atoms with Crippen LogP contribution >= 0.6 is 0 Å². The van der Waals surface area contributed by atoms with E-state index in [0.29, 0.717) is 5.69 Å². The third-order valence-corrected chi connectivity index (χ3v) is 3.06. The van der Waals surface area contributed by atoms with Gasteiger partial charge in [-0.1, -0.05) is 54.6 Å². The monoisotopic (exact) mass is 229 g/mol. The van der Waals surface area contributed by atoms with E-state index in [2.05, 4.69) is 35.2 Å². The van der Waals surface area contributed by atoms with Gasteiger partial charge in [-0.3, -0.25) is 0 Å². The van der Waals surface area contributed by atoms with Crippen LogP contribution in [0.1, 0.15) is 0 Å². The summed E-state index contributed by atoms with van der Waals surface area (Å²) in [5.74, 6) is 0. The minimum atomic E-state index is 0.681. The molecule has 3 rings (SSSR count). The molecule has 0 spiro atoms. The number of rotatable bonds is 1. The van der Waals surface area contributed by atoms with E-state index in [4.69, 9.17) is 6.57 Å². The molecular weight excluding hydrogens is 218 g/mol. The first-order chi connectivity index (χ1) is 8.86. The lowest BCUT2D eigenvalue weighted by Crippen LogP contribution is -1.78. The smallest absolute Gasteiger partial charge is 0.187 e. The van der Waals surface area contributed by atoms with Crippen molar-refractivity contribution in [3.8, 4) is 11.1 Å². The fourth-order valence-electron chi connectivity index (χ4n) is 2.12. The molecule has 0 radical (unpaired) electrons. The predicted octanol–water partition coefficient (Wildman–Crippen LogP) is 5.06. The average molecular weight is 229 g/mol. The van der Waals surface area contributed by atoms with Gasteiger partial charge in [0.15, 0.2) is 5.69 Å². The Bertz CT molecular complexity index is 751. The van der Waals surface area contributed by atoms with E-state index in [1.807, 2.05) is 36.4 Å². The highest BCUT2D eigenvalue weighted by atomic mass is 14.6. The Morgan fingerprint density at radius 2 is 1.44 bits per heavy atom. The van der Waals surface area contributed by atoms with Crippen LogP contribution < -0.4 is 0 Å². The molecule has 0 saturated carbocycles. The molecule has 0 aliphatic carbocycles. The highest BCUT2D eigenvalue weighted by molar-refractivity contribution is 5.87. The normalized spacial score (nSPS) is 10.2. The molecule has 1 heteroatoms. The van der Waals surface area contributed by atoms with Gasteiger partial charge in [-0.05, 0) is 34.0 Å². The first-order valence-electron chi connectivity index (χ1n) is 5.83. The van der Waals surface area contributed by atoms with Crippen molar-refractivity contribution in [1.82, 2.24) is 0 Å². The van der Waals surface area contributed by atoms with Gasteiger partial charge < -0.3 is 0 Å². The lowest BCUT2D eigenvalue weighted by atomic mass is 10.0.